The van der Waals surface area contributed by atoms with E-state index in [1.54, 1.807) is 4.90 Å². The Labute approximate surface area is 155 Å². The van der Waals surface area contributed by atoms with Gasteiger partial charge in [0.1, 0.15) is 0 Å². The molecular weight excluding hydrogens is 482 g/mol. The van der Waals surface area contributed by atoms with E-state index in [0.717, 1.165) is 21.3 Å². The van der Waals surface area contributed by atoms with E-state index in [9.17, 15) is 4.79 Å². The SMILES string of the molecule is Cc1cc(Br)ccc1C1=[C-]CC(I)C(=O)N1C.[Y]. The molecule has 0 fully saturated rings. The van der Waals surface area contributed by atoms with Gasteiger partial charge in [-0.15, -0.1) is 22.9 Å². The minimum absolute atomic E-state index is 0. The molecule has 0 aromatic heterocycles. The molecule has 1 aliphatic rings. The molecule has 0 saturated heterocycles. The van der Waals surface area contributed by atoms with Crippen molar-refractivity contribution in [1.29, 1.82) is 0 Å². The predicted octanol–water partition coefficient (Wildman–Crippen LogP) is 3.56. The number of rotatable bonds is 1. The number of hydrogen-bond donors (Lipinski definition) is 0. The normalized spacial score (nSPS) is 19.3. The van der Waals surface area contributed by atoms with Gasteiger partial charge >= 0.3 is 0 Å². The summed E-state index contributed by atoms with van der Waals surface area (Å²) in [5, 5.41) is 0. The van der Waals surface area contributed by atoms with E-state index in [-0.39, 0.29) is 42.5 Å². The van der Waals surface area contributed by atoms with Crippen molar-refractivity contribution in [2.45, 2.75) is 17.3 Å². The number of allylic oxidation sites excluding steroid dienone is 1. The molecule has 1 aromatic rings. The van der Waals surface area contributed by atoms with Crippen LogP contribution in [-0.4, -0.2) is 21.8 Å². The van der Waals surface area contributed by atoms with Gasteiger partial charge in [-0.25, -0.2) is 6.08 Å². The summed E-state index contributed by atoms with van der Waals surface area (Å²) < 4.78 is 1.06. The van der Waals surface area contributed by atoms with E-state index < -0.39 is 0 Å². The summed E-state index contributed by atoms with van der Waals surface area (Å²) in [6.07, 6.45) is 4.01. The van der Waals surface area contributed by atoms with E-state index in [0.29, 0.717) is 6.42 Å². The molecule has 1 amide bonds. The van der Waals surface area contributed by atoms with E-state index in [1.807, 2.05) is 26.1 Å². The van der Waals surface area contributed by atoms with Gasteiger partial charge in [0, 0.05) is 44.2 Å². The molecule has 2 nitrogen and oxygen atoms in total. The zero-order chi connectivity index (χ0) is 12.6. The third-order valence-corrected chi connectivity index (χ3v) is 4.29. The second-order valence-corrected chi connectivity index (χ2v) is 6.47. The summed E-state index contributed by atoms with van der Waals surface area (Å²) in [7, 11) is 1.82. The van der Waals surface area contributed by atoms with Crippen LogP contribution in [0.15, 0.2) is 22.7 Å². The number of benzene rings is 1. The number of amides is 1. The molecule has 0 bridgehead atoms. The fraction of sp³-hybridized carbons (Fsp3) is 0.308. The van der Waals surface area contributed by atoms with E-state index in [1.165, 1.54) is 0 Å². The maximum Gasteiger partial charge on any atom is 0.235 e. The van der Waals surface area contributed by atoms with Gasteiger partial charge in [-0.3, -0.25) is 4.79 Å². The molecule has 1 unspecified atom stereocenters. The predicted molar refractivity (Wildman–Crippen MR) is 80.7 cm³/mol. The number of nitrogens with zero attached hydrogens (tertiary/aromatic N) is 1. The van der Waals surface area contributed by atoms with Crippen LogP contribution in [0.1, 0.15) is 17.5 Å². The zero-order valence-electron chi connectivity index (χ0n) is 10.2. The quantitative estimate of drug-likeness (QED) is 0.333. The zero-order valence-corrected chi connectivity index (χ0v) is 16.8. The Kier molecular flexibility index (Phi) is 6.49. The molecule has 1 aromatic carbocycles. The second kappa shape index (κ2) is 6.96. The maximum atomic E-state index is 11.9. The molecule has 1 radical (unpaired) electrons. The molecule has 1 aliphatic heterocycles. The van der Waals surface area contributed by atoms with Gasteiger partial charge in [0.2, 0.25) is 5.91 Å². The fourth-order valence-electron chi connectivity index (χ4n) is 1.88. The van der Waals surface area contributed by atoms with Crippen molar-refractivity contribution in [3.8, 4) is 0 Å². The van der Waals surface area contributed by atoms with E-state index >= 15 is 0 Å². The molecule has 0 spiro atoms. The smallest absolute Gasteiger partial charge is 0.235 e. The molecule has 1 heterocycles. The van der Waals surface area contributed by atoms with Crippen molar-refractivity contribution in [3.63, 3.8) is 0 Å². The Balaban J connectivity index is 0.00000162. The Bertz CT molecular complexity index is 504. The largest absolute Gasteiger partial charge is 0.350 e. The van der Waals surface area contributed by atoms with Gasteiger partial charge in [-0.05, 0) is 0 Å². The number of aryl methyl sites for hydroxylation is 1. The van der Waals surface area contributed by atoms with Crippen molar-refractivity contribution in [2.75, 3.05) is 7.05 Å². The van der Waals surface area contributed by atoms with Crippen LogP contribution < -0.4 is 0 Å². The van der Waals surface area contributed by atoms with E-state index in [2.05, 4.69) is 50.7 Å². The average molecular weight is 494 g/mol. The molecule has 18 heavy (non-hydrogen) atoms. The molecule has 0 saturated carbocycles. The second-order valence-electron chi connectivity index (χ2n) is 4.05. The number of halogens is 2. The van der Waals surface area contributed by atoms with Crippen LogP contribution in [0.5, 0.6) is 0 Å². The maximum absolute atomic E-state index is 11.9. The van der Waals surface area contributed by atoms with E-state index in [4.69, 9.17) is 0 Å². The molecule has 5 heteroatoms. The van der Waals surface area contributed by atoms with Crippen LogP contribution in [-0.2, 0) is 37.5 Å². The molecule has 1 atom stereocenters. The molecule has 2 rings (SSSR count). The Morgan fingerprint density at radius 1 is 1.50 bits per heavy atom. The third kappa shape index (κ3) is 3.44. The van der Waals surface area contributed by atoms with Crippen molar-refractivity contribution in [3.05, 3.63) is 39.9 Å². The standard InChI is InChI=1S/C13H12BrINO.Y/c1-8-7-9(14)3-4-10(8)12-6-5-11(15)13(17)16(12)2;/h3-4,7,11H,5H2,1-2H3;/q-1;. The Hall–Kier alpha value is 0.744. The number of hydrogen-bond acceptors (Lipinski definition) is 1. The monoisotopic (exact) mass is 493 g/mol. The Morgan fingerprint density at radius 2 is 2.17 bits per heavy atom. The van der Waals surface area contributed by atoms with Crippen LogP contribution >= 0.6 is 38.5 Å². The first-order valence-corrected chi connectivity index (χ1v) is 7.33. The van der Waals surface area contributed by atoms with Crippen molar-refractivity contribution in [1.82, 2.24) is 4.90 Å². The topological polar surface area (TPSA) is 20.3 Å². The molecule has 0 aliphatic carbocycles. The number of carbonyl (C=O) groups excluding carboxylic acids is 1. The van der Waals surface area contributed by atoms with Crippen LogP contribution in [0.4, 0.5) is 0 Å². The Morgan fingerprint density at radius 3 is 2.78 bits per heavy atom. The summed E-state index contributed by atoms with van der Waals surface area (Å²) in [6.45, 7) is 2.04. The van der Waals surface area contributed by atoms with Crippen LogP contribution in [0.3, 0.4) is 0 Å². The first-order valence-electron chi connectivity index (χ1n) is 5.29. The van der Waals surface area contributed by atoms with Crippen molar-refractivity contribution in [2.24, 2.45) is 0 Å². The first-order chi connectivity index (χ1) is 8.00. The van der Waals surface area contributed by atoms with Crippen molar-refractivity contribution < 1.29 is 37.5 Å². The summed E-state index contributed by atoms with van der Waals surface area (Å²) in [5.41, 5.74) is 3.12. The number of alkyl halides is 1. The average Bonchev–Trinajstić information content (AvgIpc) is 2.28. The first kappa shape index (κ1) is 16.8. The summed E-state index contributed by atoms with van der Waals surface area (Å²) in [4.78, 5) is 13.6. The summed E-state index contributed by atoms with van der Waals surface area (Å²) >= 11 is 5.61. The van der Waals surface area contributed by atoms with Gasteiger partial charge in [0.05, 0.1) is 3.92 Å². The molecular formula is C13H12BrINOY-. The van der Waals surface area contributed by atoms with Gasteiger partial charge in [0.15, 0.2) is 0 Å². The minimum atomic E-state index is 0. The van der Waals surface area contributed by atoms with Gasteiger partial charge < -0.3 is 4.90 Å². The molecule has 0 N–H and O–H groups in total. The van der Waals surface area contributed by atoms with Gasteiger partial charge in [0.25, 0.3) is 0 Å². The fourth-order valence-corrected chi connectivity index (χ4v) is 2.99. The van der Waals surface area contributed by atoms with Crippen LogP contribution in [0.2, 0.25) is 0 Å². The van der Waals surface area contributed by atoms with Crippen LogP contribution in [0.25, 0.3) is 5.70 Å². The van der Waals surface area contributed by atoms with Gasteiger partial charge in [-0.2, -0.15) is 0 Å². The van der Waals surface area contributed by atoms with Gasteiger partial charge in [-0.1, -0.05) is 64.0 Å². The summed E-state index contributed by atoms with van der Waals surface area (Å²) in [5.74, 6) is 0.154. The molecule has 93 valence electrons. The minimum Gasteiger partial charge on any atom is -0.350 e. The summed E-state index contributed by atoms with van der Waals surface area (Å²) in [6, 6.07) is 6.07. The van der Waals surface area contributed by atoms with Crippen molar-refractivity contribution >= 4 is 50.1 Å². The number of carbonyl (C=O) groups is 1. The van der Waals surface area contributed by atoms with Crippen LogP contribution in [0, 0.1) is 13.0 Å². The third-order valence-electron chi connectivity index (χ3n) is 2.83.